The standard InChI is InChI=1S/C20H24F2N2O2/c21-17-9-10-19(18(22)14-17)26-13-4-8-20(25)24(12-5-11-23)15-16-6-2-1-3-7-16/h1-3,6-7,9-10,14H,4-5,8,11-13,15,23H2. The van der Waals surface area contributed by atoms with Crippen molar-refractivity contribution in [3.05, 3.63) is 65.7 Å². The van der Waals surface area contributed by atoms with E-state index in [1.54, 1.807) is 4.90 Å². The Morgan fingerprint density at radius 2 is 1.85 bits per heavy atom. The van der Waals surface area contributed by atoms with E-state index in [0.717, 1.165) is 24.1 Å². The summed E-state index contributed by atoms with van der Waals surface area (Å²) in [5.74, 6) is -1.40. The number of ether oxygens (including phenoxy) is 1. The summed E-state index contributed by atoms with van der Waals surface area (Å²) in [6.45, 7) is 1.83. The second-order valence-electron chi connectivity index (χ2n) is 5.97. The first-order chi connectivity index (χ1) is 12.6. The van der Waals surface area contributed by atoms with Gasteiger partial charge in [0.1, 0.15) is 5.82 Å². The lowest BCUT2D eigenvalue weighted by atomic mass is 10.2. The molecule has 0 saturated carbocycles. The first kappa shape index (κ1) is 19.8. The summed E-state index contributed by atoms with van der Waals surface area (Å²) in [5.41, 5.74) is 6.62. The van der Waals surface area contributed by atoms with Gasteiger partial charge in [-0.15, -0.1) is 0 Å². The molecule has 0 radical (unpaired) electrons. The summed E-state index contributed by atoms with van der Waals surface area (Å²) in [4.78, 5) is 14.3. The Morgan fingerprint density at radius 3 is 2.54 bits per heavy atom. The van der Waals surface area contributed by atoms with Crippen molar-refractivity contribution in [3.8, 4) is 5.75 Å². The topological polar surface area (TPSA) is 55.6 Å². The van der Waals surface area contributed by atoms with Crippen LogP contribution >= 0.6 is 0 Å². The van der Waals surface area contributed by atoms with Crippen LogP contribution < -0.4 is 10.5 Å². The van der Waals surface area contributed by atoms with E-state index >= 15 is 0 Å². The van der Waals surface area contributed by atoms with Gasteiger partial charge in [0, 0.05) is 25.6 Å². The van der Waals surface area contributed by atoms with Gasteiger partial charge in [-0.2, -0.15) is 0 Å². The summed E-state index contributed by atoms with van der Waals surface area (Å²) in [7, 11) is 0. The van der Waals surface area contributed by atoms with Crippen molar-refractivity contribution in [2.75, 3.05) is 19.7 Å². The Kier molecular flexibility index (Phi) is 8.02. The normalized spacial score (nSPS) is 10.6. The minimum atomic E-state index is -0.745. The molecule has 6 heteroatoms. The van der Waals surface area contributed by atoms with Crippen LogP contribution in [0.3, 0.4) is 0 Å². The van der Waals surface area contributed by atoms with Gasteiger partial charge in [-0.3, -0.25) is 4.79 Å². The van der Waals surface area contributed by atoms with Crippen LogP contribution in [0.4, 0.5) is 8.78 Å². The maximum absolute atomic E-state index is 13.5. The molecular formula is C20H24F2N2O2. The van der Waals surface area contributed by atoms with Crippen LogP contribution in [0.15, 0.2) is 48.5 Å². The summed E-state index contributed by atoms with van der Waals surface area (Å²) >= 11 is 0. The maximum Gasteiger partial charge on any atom is 0.222 e. The van der Waals surface area contributed by atoms with E-state index in [4.69, 9.17) is 10.5 Å². The van der Waals surface area contributed by atoms with Crippen molar-refractivity contribution in [1.29, 1.82) is 0 Å². The second kappa shape index (κ2) is 10.5. The summed E-state index contributed by atoms with van der Waals surface area (Å²) in [5, 5.41) is 0. The highest BCUT2D eigenvalue weighted by Gasteiger charge is 2.13. The van der Waals surface area contributed by atoms with Crippen LogP contribution in [0.2, 0.25) is 0 Å². The number of hydrogen-bond donors (Lipinski definition) is 1. The molecule has 0 aliphatic heterocycles. The number of hydrogen-bond acceptors (Lipinski definition) is 3. The summed E-state index contributed by atoms with van der Waals surface area (Å²) in [6, 6.07) is 12.9. The van der Waals surface area contributed by atoms with Crippen LogP contribution in [0, 0.1) is 11.6 Å². The van der Waals surface area contributed by atoms with Crippen molar-refractivity contribution in [3.63, 3.8) is 0 Å². The van der Waals surface area contributed by atoms with Gasteiger partial charge < -0.3 is 15.4 Å². The first-order valence-electron chi connectivity index (χ1n) is 8.70. The molecule has 0 spiro atoms. The summed E-state index contributed by atoms with van der Waals surface area (Å²) < 4.78 is 31.6. The number of carbonyl (C=O) groups excluding carboxylic acids is 1. The molecule has 0 atom stereocenters. The Hall–Kier alpha value is -2.47. The zero-order chi connectivity index (χ0) is 18.8. The fraction of sp³-hybridized carbons (Fsp3) is 0.350. The van der Waals surface area contributed by atoms with E-state index in [9.17, 15) is 13.6 Å². The molecule has 1 amide bonds. The van der Waals surface area contributed by atoms with Crippen LogP contribution in [0.5, 0.6) is 5.75 Å². The fourth-order valence-corrected chi connectivity index (χ4v) is 2.53. The third kappa shape index (κ3) is 6.44. The molecule has 2 N–H and O–H groups in total. The summed E-state index contributed by atoms with van der Waals surface area (Å²) in [6.07, 6.45) is 1.47. The van der Waals surface area contributed by atoms with E-state index in [2.05, 4.69) is 0 Å². The molecule has 0 aliphatic rings. The highest BCUT2D eigenvalue weighted by atomic mass is 19.1. The lowest BCUT2D eigenvalue weighted by Gasteiger charge is -2.23. The number of benzene rings is 2. The molecule has 0 heterocycles. The molecule has 0 aromatic heterocycles. The van der Waals surface area contributed by atoms with Crippen LogP contribution in [0.25, 0.3) is 0 Å². The van der Waals surface area contributed by atoms with E-state index in [1.165, 1.54) is 6.07 Å². The fourth-order valence-electron chi connectivity index (χ4n) is 2.53. The zero-order valence-corrected chi connectivity index (χ0v) is 14.7. The lowest BCUT2D eigenvalue weighted by molar-refractivity contribution is -0.132. The molecule has 2 aromatic carbocycles. The number of amides is 1. The molecule has 4 nitrogen and oxygen atoms in total. The average Bonchev–Trinajstić information content (AvgIpc) is 2.64. The van der Waals surface area contributed by atoms with Crippen molar-refractivity contribution >= 4 is 5.91 Å². The van der Waals surface area contributed by atoms with Gasteiger partial charge in [-0.1, -0.05) is 30.3 Å². The molecule has 2 aromatic rings. The molecule has 26 heavy (non-hydrogen) atoms. The van der Waals surface area contributed by atoms with Gasteiger partial charge in [-0.05, 0) is 37.1 Å². The number of halogens is 2. The number of nitrogens with zero attached hydrogens (tertiary/aromatic N) is 1. The van der Waals surface area contributed by atoms with Gasteiger partial charge in [0.05, 0.1) is 6.61 Å². The van der Waals surface area contributed by atoms with Gasteiger partial charge >= 0.3 is 0 Å². The minimum absolute atomic E-state index is 0.00508. The SMILES string of the molecule is NCCCN(Cc1ccccc1)C(=O)CCCOc1ccc(F)cc1F. The lowest BCUT2D eigenvalue weighted by Crippen LogP contribution is -2.32. The van der Waals surface area contributed by atoms with Crippen molar-refractivity contribution in [1.82, 2.24) is 4.90 Å². The molecule has 0 aliphatic carbocycles. The molecule has 2 rings (SSSR count). The minimum Gasteiger partial charge on any atom is -0.491 e. The predicted molar refractivity (Wildman–Crippen MR) is 96.6 cm³/mol. The molecule has 140 valence electrons. The van der Waals surface area contributed by atoms with Crippen LogP contribution in [-0.2, 0) is 11.3 Å². The van der Waals surface area contributed by atoms with Gasteiger partial charge in [0.25, 0.3) is 0 Å². The smallest absolute Gasteiger partial charge is 0.222 e. The molecule has 0 unspecified atom stereocenters. The number of nitrogens with two attached hydrogens (primary N) is 1. The van der Waals surface area contributed by atoms with E-state index in [1.807, 2.05) is 30.3 Å². The largest absolute Gasteiger partial charge is 0.491 e. The Morgan fingerprint density at radius 1 is 1.08 bits per heavy atom. The quantitative estimate of drug-likeness (QED) is 0.658. The van der Waals surface area contributed by atoms with Crippen molar-refractivity contribution < 1.29 is 18.3 Å². The predicted octanol–water partition coefficient (Wildman–Crippen LogP) is 3.50. The van der Waals surface area contributed by atoms with Gasteiger partial charge in [0.15, 0.2) is 11.6 Å². The number of carbonyl (C=O) groups is 1. The highest BCUT2D eigenvalue weighted by Crippen LogP contribution is 2.18. The Labute approximate surface area is 152 Å². The van der Waals surface area contributed by atoms with Crippen LogP contribution in [0.1, 0.15) is 24.8 Å². The zero-order valence-electron chi connectivity index (χ0n) is 14.7. The van der Waals surface area contributed by atoms with Gasteiger partial charge in [0.2, 0.25) is 5.91 Å². The molecule has 0 saturated heterocycles. The molecule has 0 bridgehead atoms. The van der Waals surface area contributed by atoms with E-state index in [0.29, 0.717) is 32.5 Å². The monoisotopic (exact) mass is 362 g/mol. The third-order valence-electron chi connectivity index (χ3n) is 3.89. The van der Waals surface area contributed by atoms with E-state index in [-0.39, 0.29) is 18.3 Å². The van der Waals surface area contributed by atoms with Crippen molar-refractivity contribution in [2.24, 2.45) is 5.73 Å². The molecule has 0 fully saturated rings. The second-order valence-corrected chi connectivity index (χ2v) is 5.97. The Balaban J connectivity index is 1.82. The first-order valence-corrected chi connectivity index (χ1v) is 8.70. The Bertz CT molecular complexity index is 695. The number of rotatable bonds is 10. The van der Waals surface area contributed by atoms with Gasteiger partial charge in [-0.25, -0.2) is 8.78 Å². The van der Waals surface area contributed by atoms with Crippen molar-refractivity contribution in [2.45, 2.75) is 25.8 Å². The van der Waals surface area contributed by atoms with Crippen LogP contribution in [-0.4, -0.2) is 30.5 Å². The molecular weight excluding hydrogens is 338 g/mol. The van der Waals surface area contributed by atoms with E-state index < -0.39 is 11.6 Å². The highest BCUT2D eigenvalue weighted by molar-refractivity contribution is 5.76. The maximum atomic E-state index is 13.5. The average molecular weight is 362 g/mol. The third-order valence-corrected chi connectivity index (χ3v) is 3.89.